The van der Waals surface area contributed by atoms with Crippen LogP contribution >= 0.6 is 0 Å². The summed E-state index contributed by atoms with van der Waals surface area (Å²) in [6, 6.07) is 0. The molecule has 19 heavy (non-hydrogen) atoms. The zero-order chi connectivity index (χ0) is 14.5. The number of carboxylic acid groups (broad SMARTS) is 1. The van der Waals surface area contributed by atoms with Crippen LogP contribution in [-0.4, -0.2) is 30.1 Å². The van der Waals surface area contributed by atoms with E-state index in [2.05, 4.69) is 5.32 Å². The number of hydrogen-bond donors (Lipinski definition) is 3. The van der Waals surface area contributed by atoms with Crippen LogP contribution in [0.2, 0.25) is 0 Å². The first kappa shape index (κ1) is 16.0. The van der Waals surface area contributed by atoms with E-state index in [1.54, 1.807) is 0 Å². The minimum Gasteiger partial charge on any atom is -0.481 e. The van der Waals surface area contributed by atoms with Crippen LogP contribution in [0.3, 0.4) is 0 Å². The van der Waals surface area contributed by atoms with Gasteiger partial charge in [-0.1, -0.05) is 20.3 Å². The van der Waals surface area contributed by atoms with E-state index in [-0.39, 0.29) is 23.2 Å². The Kier molecular flexibility index (Phi) is 5.35. The maximum atomic E-state index is 12.0. The summed E-state index contributed by atoms with van der Waals surface area (Å²) in [7, 11) is 0. The van der Waals surface area contributed by atoms with Crippen molar-refractivity contribution in [3.63, 3.8) is 0 Å². The van der Waals surface area contributed by atoms with Crippen LogP contribution in [0.15, 0.2) is 0 Å². The molecule has 0 atom stereocenters. The fraction of sp³-hybridized carbons (Fsp3) is 0.857. The molecule has 0 unspecified atom stereocenters. The summed E-state index contributed by atoms with van der Waals surface area (Å²) in [5, 5.41) is 11.6. The van der Waals surface area contributed by atoms with Crippen molar-refractivity contribution in [2.45, 2.75) is 52.4 Å². The lowest BCUT2D eigenvalue weighted by atomic mass is 9.68. The molecule has 0 aromatic rings. The maximum absolute atomic E-state index is 12.0. The molecule has 0 aromatic carbocycles. The molecule has 0 aromatic heterocycles. The van der Waals surface area contributed by atoms with E-state index < -0.39 is 5.97 Å². The molecule has 4 N–H and O–H groups in total. The normalized spacial score (nSPS) is 17.6. The van der Waals surface area contributed by atoms with Crippen LogP contribution in [0, 0.1) is 10.8 Å². The highest BCUT2D eigenvalue weighted by Gasteiger charge is 2.42. The third kappa shape index (κ3) is 4.49. The number of nitrogens with two attached hydrogens (primary N) is 1. The lowest BCUT2D eigenvalue weighted by Gasteiger charge is -2.39. The number of rotatable bonds is 8. The Labute approximate surface area is 114 Å². The molecule has 0 bridgehead atoms. The predicted molar refractivity (Wildman–Crippen MR) is 73.6 cm³/mol. The van der Waals surface area contributed by atoms with Crippen molar-refractivity contribution in [2.75, 3.05) is 13.1 Å². The smallest absolute Gasteiger partial charge is 0.303 e. The summed E-state index contributed by atoms with van der Waals surface area (Å²) in [5.41, 5.74) is 5.29. The predicted octanol–water partition coefficient (Wildman–Crippen LogP) is 1.51. The summed E-state index contributed by atoms with van der Waals surface area (Å²) in [6.07, 6.45) is 4.44. The Balaban J connectivity index is 2.29. The van der Waals surface area contributed by atoms with Crippen molar-refractivity contribution in [3.05, 3.63) is 0 Å². The van der Waals surface area contributed by atoms with Gasteiger partial charge >= 0.3 is 5.97 Å². The van der Waals surface area contributed by atoms with Gasteiger partial charge in [0.15, 0.2) is 0 Å². The Morgan fingerprint density at radius 2 is 1.95 bits per heavy atom. The molecule has 5 nitrogen and oxygen atoms in total. The van der Waals surface area contributed by atoms with E-state index in [0.29, 0.717) is 19.5 Å². The van der Waals surface area contributed by atoms with Crippen molar-refractivity contribution >= 4 is 11.9 Å². The second-order valence-corrected chi connectivity index (χ2v) is 6.40. The Bertz CT molecular complexity index is 330. The highest BCUT2D eigenvalue weighted by atomic mass is 16.4. The molecule has 1 rings (SSSR count). The lowest BCUT2D eigenvalue weighted by molar-refractivity contribution is -0.138. The molecule has 1 saturated carbocycles. The molecule has 0 radical (unpaired) electrons. The van der Waals surface area contributed by atoms with E-state index in [1.807, 2.05) is 13.8 Å². The molecule has 1 fully saturated rings. The maximum Gasteiger partial charge on any atom is 0.303 e. The van der Waals surface area contributed by atoms with Crippen molar-refractivity contribution in [2.24, 2.45) is 16.6 Å². The first-order chi connectivity index (χ1) is 8.81. The first-order valence-electron chi connectivity index (χ1n) is 7.01. The molecular formula is C14H26N2O3. The van der Waals surface area contributed by atoms with E-state index >= 15 is 0 Å². The number of nitrogens with one attached hydrogen (secondary N) is 1. The second-order valence-electron chi connectivity index (χ2n) is 6.40. The highest BCUT2D eigenvalue weighted by Crippen LogP contribution is 2.40. The van der Waals surface area contributed by atoms with Crippen LogP contribution < -0.4 is 11.1 Å². The molecule has 110 valence electrons. The SMILES string of the molecule is CC(C)(CCNC(=O)C1(CN)CCC1)CCC(=O)O. The molecule has 0 heterocycles. The van der Waals surface area contributed by atoms with Gasteiger partial charge < -0.3 is 16.2 Å². The fourth-order valence-corrected chi connectivity index (χ4v) is 2.40. The van der Waals surface area contributed by atoms with Crippen molar-refractivity contribution in [1.82, 2.24) is 5.32 Å². The van der Waals surface area contributed by atoms with Gasteiger partial charge in [-0.2, -0.15) is 0 Å². The van der Waals surface area contributed by atoms with Gasteiger partial charge in [-0.15, -0.1) is 0 Å². The molecule has 1 aliphatic carbocycles. The molecule has 0 spiro atoms. The first-order valence-corrected chi connectivity index (χ1v) is 7.01. The largest absolute Gasteiger partial charge is 0.481 e. The number of hydrogen-bond acceptors (Lipinski definition) is 3. The third-order valence-electron chi connectivity index (χ3n) is 4.29. The van der Waals surface area contributed by atoms with E-state index in [0.717, 1.165) is 25.7 Å². The van der Waals surface area contributed by atoms with Crippen LogP contribution in [0.1, 0.15) is 52.4 Å². The number of amides is 1. The van der Waals surface area contributed by atoms with Gasteiger partial charge in [0.05, 0.1) is 5.41 Å². The van der Waals surface area contributed by atoms with Crippen LogP contribution in [0.25, 0.3) is 0 Å². The van der Waals surface area contributed by atoms with E-state index in [4.69, 9.17) is 10.8 Å². The number of carbonyl (C=O) groups is 2. The average molecular weight is 270 g/mol. The van der Waals surface area contributed by atoms with Crippen molar-refractivity contribution < 1.29 is 14.7 Å². The summed E-state index contributed by atoms with van der Waals surface area (Å²) in [6.45, 7) is 5.07. The van der Waals surface area contributed by atoms with E-state index in [9.17, 15) is 9.59 Å². The van der Waals surface area contributed by atoms with Crippen molar-refractivity contribution in [1.29, 1.82) is 0 Å². The Morgan fingerprint density at radius 1 is 1.32 bits per heavy atom. The van der Waals surface area contributed by atoms with Gasteiger partial charge in [0.1, 0.15) is 0 Å². The molecule has 5 heteroatoms. The number of carboxylic acids is 1. The summed E-state index contributed by atoms with van der Waals surface area (Å²) in [5.74, 6) is -0.705. The lowest BCUT2D eigenvalue weighted by Crippen LogP contribution is -2.50. The molecule has 1 amide bonds. The van der Waals surface area contributed by atoms with Gasteiger partial charge in [-0.3, -0.25) is 9.59 Å². The molecule has 0 saturated heterocycles. The standard InChI is InChI=1S/C14H26N2O3/c1-13(2,7-4-11(17)18)8-9-16-12(19)14(10-15)5-3-6-14/h3-10,15H2,1-2H3,(H,16,19)(H,17,18). The monoisotopic (exact) mass is 270 g/mol. The van der Waals surface area contributed by atoms with Gasteiger partial charge in [0, 0.05) is 19.5 Å². The van der Waals surface area contributed by atoms with Crippen molar-refractivity contribution in [3.8, 4) is 0 Å². The number of aliphatic carboxylic acids is 1. The molecule has 0 aliphatic heterocycles. The van der Waals surface area contributed by atoms with Gasteiger partial charge in [-0.25, -0.2) is 0 Å². The summed E-state index contributed by atoms with van der Waals surface area (Å²) in [4.78, 5) is 22.6. The van der Waals surface area contributed by atoms with Crippen LogP contribution in [0.5, 0.6) is 0 Å². The van der Waals surface area contributed by atoms with Crippen LogP contribution in [0.4, 0.5) is 0 Å². The van der Waals surface area contributed by atoms with E-state index in [1.165, 1.54) is 0 Å². The quantitative estimate of drug-likeness (QED) is 0.623. The topological polar surface area (TPSA) is 92.4 Å². The van der Waals surface area contributed by atoms with Gasteiger partial charge in [-0.05, 0) is 31.1 Å². The van der Waals surface area contributed by atoms with Gasteiger partial charge in [0.2, 0.25) is 5.91 Å². The highest BCUT2D eigenvalue weighted by molar-refractivity contribution is 5.83. The van der Waals surface area contributed by atoms with Gasteiger partial charge in [0.25, 0.3) is 0 Å². The minimum atomic E-state index is -0.770. The number of carbonyl (C=O) groups excluding carboxylic acids is 1. The molecule has 1 aliphatic rings. The summed E-state index contributed by atoms with van der Waals surface area (Å²) >= 11 is 0. The fourth-order valence-electron chi connectivity index (χ4n) is 2.40. The average Bonchev–Trinajstić information content (AvgIpc) is 2.25. The third-order valence-corrected chi connectivity index (χ3v) is 4.29. The van der Waals surface area contributed by atoms with Crippen LogP contribution in [-0.2, 0) is 9.59 Å². The zero-order valence-electron chi connectivity index (χ0n) is 12.0. The zero-order valence-corrected chi connectivity index (χ0v) is 12.0. The Hall–Kier alpha value is -1.10. The molecular weight excluding hydrogens is 244 g/mol. The summed E-state index contributed by atoms with van der Waals surface area (Å²) < 4.78 is 0. The minimum absolute atomic E-state index is 0.0651. The Morgan fingerprint density at radius 3 is 2.37 bits per heavy atom. The second kappa shape index (κ2) is 6.37.